The summed E-state index contributed by atoms with van der Waals surface area (Å²) in [4.78, 5) is 24.2. The van der Waals surface area contributed by atoms with Gasteiger partial charge in [0.15, 0.2) is 0 Å². The normalized spacial score (nSPS) is 14.6. The van der Waals surface area contributed by atoms with Crippen LogP contribution in [0.15, 0.2) is 90.3 Å². The van der Waals surface area contributed by atoms with Crippen LogP contribution in [0.2, 0.25) is 0 Å². The Hall–Kier alpha value is -3.79. The summed E-state index contributed by atoms with van der Waals surface area (Å²) in [5.41, 5.74) is 3.71. The van der Waals surface area contributed by atoms with E-state index in [-0.39, 0.29) is 5.91 Å². The van der Waals surface area contributed by atoms with Gasteiger partial charge in [0.05, 0.1) is 12.1 Å². The number of hydrogen-bond acceptors (Lipinski definition) is 5. The number of hydrogen-bond donors (Lipinski definition) is 0. The van der Waals surface area contributed by atoms with E-state index in [4.69, 9.17) is 0 Å². The number of carbonyl (C=O) groups excluding carboxylic acids is 1. The van der Waals surface area contributed by atoms with Crippen molar-refractivity contribution in [2.75, 3.05) is 32.7 Å². The van der Waals surface area contributed by atoms with Crippen molar-refractivity contribution in [1.29, 1.82) is 0 Å². The van der Waals surface area contributed by atoms with Gasteiger partial charge in [-0.05, 0) is 29.7 Å². The number of aryl methyl sites for hydroxylation is 1. The second-order valence-electron chi connectivity index (χ2n) is 10.9. The van der Waals surface area contributed by atoms with Crippen molar-refractivity contribution in [2.24, 2.45) is 0 Å². The number of carbonyl (C=O) groups is 1. The molecule has 0 radical (unpaired) electrons. The summed E-state index contributed by atoms with van der Waals surface area (Å²) in [5.74, 6) is -0.0788. The Morgan fingerprint density at radius 3 is 2.35 bits per heavy atom. The highest BCUT2D eigenvalue weighted by atomic mass is 32.1. The third kappa shape index (κ3) is 8.86. The Morgan fingerprint density at radius 1 is 0.907 bits per heavy atom. The molecule has 0 spiro atoms. The first kappa shape index (κ1) is 30.7. The van der Waals surface area contributed by atoms with Crippen LogP contribution in [0.5, 0.6) is 0 Å². The second-order valence-corrected chi connectivity index (χ2v) is 11.8. The van der Waals surface area contributed by atoms with Gasteiger partial charge in [0, 0.05) is 51.2 Å². The van der Waals surface area contributed by atoms with Crippen molar-refractivity contribution in [3.63, 3.8) is 0 Å². The number of halogens is 3. The zero-order valence-electron chi connectivity index (χ0n) is 24.1. The van der Waals surface area contributed by atoms with Gasteiger partial charge in [-0.25, -0.2) is 4.98 Å². The predicted octanol–water partition coefficient (Wildman–Crippen LogP) is 7.14. The standard InChI is InChI=1S/C34H35F3N4OS/c1-26-12-14-28(15-13-26)22-40(23-29-9-5-11-30(21-29)34(35,36)37)24-32-38-31(25-43-32)33(42)41-19-17-39(18-20-41)16-6-10-27-7-3-2-4-8-27/h2-15,21,25H,16-20,22-24H2,1H3. The summed E-state index contributed by atoms with van der Waals surface area (Å²) >= 11 is 1.41. The SMILES string of the molecule is Cc1ccc(CN(Cc2cccc(C(F)(F)F)c2)Cc2nc(C(=O)N3CCN(CC=Cc4ccccc4)CC3)cs2)cc1. The van der Waals surface area contributed by atoms with Gasteiger partial charge in [-0.1, -0.05) is 90.5 Å². The first-order chi connectivity index (χ1) is 20.7. The fourth-order valence-corrected chi connectivity index (χ4v) is 5.90. The van der Waals surface area contributed by atoms with Crippen LogP contribution in [0, 0.1) is 6.92 Å². The summed E-state index contributed by atoms with van der Waals surface area (Å²) in [7, 11) is 0. The molecule has 1 fully saturated rings. The number of amides is 1. The number of rotatable bonds is 10. The van der Waals surface area contributed by atoms with Gasteiger partial charge < -0.3 is 4.90 Å². The van der Waals surface area contributed by atoms with E-state index in [9.17, 15) is 18.0 Å². The lowest BCUT2D eigenvalue weighted by Crippen LogP contribution is -2.48. The molecule has 224 valence electrons. The van der Waals surface area contributed by atoms with E-state index in [1.54, 1.807) is 11.4 Å². The monoisotopic (exact) mass is 604 g/mol. The van der Waals surface area contributed by atoms with Crippen LogP contribution in [0.4, 0.5) is 13.2 Å². The smallest absolute Gasteiger partial charge is 0.335 e. The van der Waals surface area contributed by atoms with Crippen LogP contribution in [0.1, 0.15) is 43.3 Å². The van der Waals surface area contributed by atoms with E-state index < -0.39 is 11.7 Å². The lowest BCUT2D eigenvalue weighted by molar-refractivity contribution is -0.137. The zero-order chi connectivity index (χ0) is 30.2. The van der Waals surface area contributed by atoms with Crippen molar-refractivity contribution in [3.8, 4) is 0 Å². The highest BCUT2D eigenvalue weighted by molar-refractivity contribution is 7.09. The molecule has 0 bridgehead atoms. The maximum Gasteiger partial charge on any atom is 0.416 e. The van der Waals surface area contributed by atoms with Crippen LogP contribution in [0.25, 0.3) is 6.08 Å². The van der Waals surface area contributed by atoms with E-state index >= 15 is 0 Å². The topological polar surface area (TPSA) is 39.7 Å². The molecule has 0 unspecified atom stereocenters. The number of aromatic nitrogens is 1. The maximum atomic E-state index is 13.3. The molecule has 1 aromatic heterocycles. The lowest BCUT2D eigenvalue weighted by atomic mass is 10.1. The average molecular weight is 605 g/mol. The molecule has 5 rings (SSSR count). The predicted molar refractivity (Wildman–Crippen MR) is 166 cm³/mol. The molecule has 0 atom stereocenters. The molecule has 2 heterocycles. The molecule has 0 saturated carbocycles. The van der Waals surface area contributed by atoms with Crippen molar-refractivity contribution in [1.82, 2.24) is 19.7 Å². The molecule has 3 aromatic carbocycles. The quantitative estimate of drug-likeness (QED) is 0.193. The summed E-state index contributed by atoms with van der Waals surface area (Å²) < 4.78 is 40.0. The molecule has 5 nitrogen and oxygen atoms in total. The molecule has 43 heavy (non-hydrogen) atoms. The minimum atomic E-state index is -4.40. The largest absolute Gasteiger partial charge is 0.416 e. The van der Waals surface area contributed by atoms with E-state index in [2.05, 4.69) is 39.1 Å². The van der Waals surface area contributed by atoms with Gasteiger partial charge in [-0.3, -0.25) is 14.6 Å². The molecule has 1 saturated heterocycles. The fourth-order valence-electron chi connectivity index (χ4n) is 5.09. The van der Waals surface area contributed by atoms with Crippen LogP contribution in [0.3, 0.4) is 0 Å². The van der Waals surface area contributed by atoms with Gasteiger partial charge in [0.1, 0.15) is 10.7 Å². The van der Waals surface area contributed by atoms with Crippen LogP contribution in [-0.4, -0.2) is 58.3 Å². The van der Waals surface area contributed by atoms with Crippen molar-refractivity contribution in [3.05, 3.63) is 129 Å². The Labute approximate surface area is 254 Å². The fraction of sp³-hybridized carbons (Fsp3) is 0.294. The summed E-state index contributed by atoms with van der Waals surface area (Å²) in [6.07, 6.45) is -0.128. The Bertz CT molecular complexity index is 1510. The van der Waals surface area contributed by atoms with Crippen LogP contribution >= 0.6 is 11.3 Å². The highest BCUT2D eigenvalue weighted by Crippen LogP contribution is 2.30. The van der Waals surface area contributed by atoms with Gasteiger partial charge in [0.25, 0.3) is 5.91 Å². The Balaban J connectivity index is 1.20. The number of nitrogens with zero attached hydrogens (tertiary/aromatic N) is 4. The molecular weight excluding hydrogens is 569 g/mol. The van der Waals surface area contributed by atoms with Gasteiger partial charge >= 0.3 is 6.18 Å². The summed E-state index contributed by atoms with van der Waals surface area (Å²) in [6, 6.07) is 23.7. The average Bonchev–Trinajstić information content (AvgIpc) is 3.47. The molecule has 0 N–H and O–H groups in total. The molecular formula is C34H35F3N4OS. The molecule has 0 aliphatic carbocycles. The summed E-state index contributed by atoms with van der Waals surface area (Å²) in [5, 5.41) is 2.55. The second kappa shape index (κ2) is 14.1. The molecule has 1 amide bonds. The van der Waals surface area contributed by atoms with E-state index in [0.717, 1.165) is 41.8 Å². The molecule has 4 aromatic rings. The number of benzene rings is 3. The molecule has 1 aliphatic heterocycles. The van der Waals surface area contributed by atoms with Gasteiger partial charge in [0.2, 0.25) is 0 Å². The maximum absolute atomic E-state index is 13.3. The minimum absolute atomic E-state index is 0.0788. The van der Waals surface area contributed by atoms with E-state index in [1.807, 2.05) is 54.3 Å². The number of alkyl halides is 3. The van der Waals surface area contributed by atoms with Crippen molar-refractivity contribution in [2.45, 2.75) is 32.7 Å². The third-order valence-corrected chi connectivity index (χ3v) is 8.28. The van der Waals surface area contributed by atoms with Crippen LogP contribution in [-0.2, 0) is 25.8 Å². The summed E-state index contributed by atoms with van der Waals surface area (Å²) in [6.45, 7) is 7.00. The van der Waals surface area contributed by atoms with E-state index in [0.29, 0.717) is 44.0 Å². The first-order valence-electron chi connectivity index (χ1n) is 14.3. The van der Waals surface area contributed by atoms with Crippen LogP contribution < -0.4 is 0 Å². The highest BCUT2D eigenvalue weighted by Gasteiger charge is 2.30. The Morgan fingerprint density at radius 2 is 1.63 bits per heavy atom. The van der Waals surface area contributed by atoms with E-state index in [1.165, 1.54) is 29.0 Å². The first-order valence-corrected chi connectivity index (χ1v) is 15.2. The zero-order valence-corrected chi connectivity index (χ0v) is 25.0. The Kier molecular flexibility index (Phi) is 10.1. The number of thiazole rings is 1. The van der Waals surface area contributed by atoms with Crippen molar-refractivity contribution >= 4 is 23.3 Å². The van der Waals surface area contributed by atoms with Gasteiger partial charge in [-0.15, -0.1) is 11.3 Å². The lowest BCUT2D eigenvalue weighted by Gasteiger charge is -2.33. The minimum Gasteiger partial charge on any atom is -0.335 e. The molecule has 9 heteroatoms. The third-order valence-electron chi connectivity index (χ3n) is 7.45. The van der Waals surface area contributed by atoms with Crippen molar-refractivity contribution < 1.29 is 18.0 Å². The molecule has 1 aliphatic rings. The van der Waals surface area contributed by atoms with Gasteiger partial charge in [-0.2, -0.15) is 13.2 Å². The number of piperazine rings is 1.